The first kappa shape index (κ1) is 12.4. The van der Waals surface area contributed by atoms with Crippen LogP contribution in [0, 0.1) is 5.92 Å². The summed E-state index contributed by atoms with van der Waals surface area (Å²) >= 11 is 0. The maximum absolute atomic E-state index is 6.15. The summed E-state index contributed by atoms with van der Waals surface area (Å²) in [6.07, 6.45) is 5.29. The molecule has 2 aliphatic rings. The molecule has 0 N–H and O–H groups in total. The second-order valence-electron chi connectivity index (χ2n) is 6.55. The minimum Gasteiger partial charge on any atom is -0.403 e. The molecule has 2 nitrogen and oxygen atoms in total. The van der Waals surface area contributed by atoms with Gasteiger partial charge in [0, 0.05) is 0 Å². The molecule has 2 fully saturated rings. The van der Waals surface area contributed by atoms with E-state index in [1.54, 1.807) is 0 Å². The van der Waals surface area contributed by atoms with Crippen molar-refractivity contribution in [2.45, 2.75) is 77.3 Å². The Balaban J connectivity index is 2.07. The SMILES string of the molecule is CC1CCCCC1B1OC(C)(C)C(C)(C)O1. The molecule has 1 heterocycles. The molecule has 1 saturated heterocycles. The van der Waals surface area contributed by atoms with Crippen LogP contribution in [0.4, 0.5) is 0 Å². The summed E-state index contributed by atoms with van der Waals surface area (Å²) in [4.78, 5) is 0. The van der Waals surface area contributed by atoms with Gasteiger partial charge in [0.15, 0.2) is 0 Å². The molecule has 0 aromatic heterocycles. The second-order valence-corrected chi connectivity index (χ2v) is 6.55. The van der Waals surface area contributed by atoms with Crippen LogP contribution < -0.4 is 0 Å². The third-order valence-electron chi connectivity index (χ3n) is 4.80. The Hall–Kier alpha value is -0.0151. The molecule has 16 heavy (non-hydrogen) atoms. The van der Waals surface area contributed by atoms with Crippen molar-refractivity contribution in [3.63, 3.8) is 0 Å². The quantitative estimate of drug-likeness (QED) is 0.633. The van der Waals surface area contributed by atoms with Crippen LogP contribution in [0.1, 0.15) is 60.3 Å². The van der Waals surface area contributed by atoms with Crippen LogP contribution in [0.5, 0.6) is 0 Å². The molecule has 0 amide bonds. The lowest BCUT2D eigenvalue weighted by Gasteiger charge is -2.32. The van der Waals surface area contributed by atoms with E-state index in [2.05, 4.69) is 34.6 Å². The van der Waals surface area contributed by atoms with Crippen molar-refractivity contribution < 1.29 is 9.31 Å². The smallest absolute Gasteiger partial charge is 0.403 e. The summed E-state index contributed by atoms with van der Waals surface area (Å²) in [5.41, 5.74) is -0.344. The van der Waals surface area contributed by atoms with Gasteiger partial charge in [-0.2, -0.15) is 0 Å². The Morgan fingerprint density at radius 2 is 1.44 bits per heavy atom. The van der Waals surface area contributed by atoms with Crippen molar-refractivity contribution in [2.75, 3.05) is 0 Å². The van der Waals surface area contributed by atoms with Crippen molar-refractivity contribution in [3.05, 3.63) is 0 Å². The molecule has 2 rings (SSSR count). The highest BCUT2D eigenvalue weighted by molar-refractivity contribution is 6.47. The van der Waals surface area contributed by atoms with Crippen LogP contribution in [0.3, 0.4) is 0 Å². The van der Waals surface area contributed by atoms with Crippen LogP contribution in [0.15, 0.2) is 0 Å². The highest BCUT2D eigenvalue weighted by Gasteiger charge is 2.54. The van der Waals surface area contributed by atoms with E-state index in [0.29, 0.717) is 5.82 Å². The Labute approximate surface area is 100 Å². The first-order valence-corrected chi connectivity index (χ1v) is 6.69. The van der Waals surface area contributed by atoms with Gasteiger partial charge in [-0.05, 0) is 39.4 Å². The van der Waals surface area contributed by atoms with Crippen molar-refractivity contribution >= 4 is 7.12 Å². The van der Waals surface area contributed by atoms with E-state index in [-0.39, 0.29) is 18.3 Å². The Kier molecular flexibility index (Phi) is 3.13. The molecule has 1 saturated carbocycles. The average molecular weight is 224 g/mol. The van der Waals surface area contributed by atoms with E-state index in [1.165, 1.54) is 25.7 Å². The summed E-state index contributed by atoms with van der Waals surface area (Å²) in [5.74, 6) is 1.33. The summed E-state index contributed by atoms with van der Waals surface area (Å²) < 4.78 is 12.3. The average Bonchev–Trinajstić information content (AvgIpc) is 2.36. The number of hydrogen-bond donors (Lipinski definition) is 0. The standard InChI is InChI=1S/C13H25BO2/c1-10-8-6-7-9-11(10)14-15-12(2,3)13(4,5)16-14/h10-11H,6-9H2,1-5H3. The van der Waals surface area contributed by atoms with E-state index in [4.69, 9.17) is 9.31 Å². The fraction of sp³-hybridized carbons (Fsp3) is 1.00. The molecule has 0 spiro atoms. The van der Waals surface area contributed by atoms with Gasteiger partial charge in [0.05, 0.1) is 11.2 Å². The van der Waals surface area contributed by atoms with Gasteiger partial charge in [-0.15, -0.1) is 0 Å². The summed E-state index contributed by atoms with van der Waals surface area (Å²) in [7, 11) is 0.0142. The maximum Gasteiger partial charge on any atom is 0.461 e. The molecular formula is C13H25BO2. The van der Waals surface area contributed by atoms with Gasteiger partial charge in [0.25, 0.3) is 0 Å². The van der Waals surface area contributed by atoms with Crippen molar-refractivity contribution in [1.29, 1.82) is 0 Å². The van der Waals surface area contributed by atoms with E-state index < -0.39 is 0 Å². The predicted octanol–water partition coefficient (Wildman–Crippen LogP) is 3.66. The second kappa shape index (κ2) is 4.02. The predicted molar refractivity (Wildman–Crippen MR) is 67.5 cm³/mol. The largest absolute Gasteiger partial charge is 0.461 e. The molecule has 3 heteroatoms. The summed E-state index contributed by atoms with van der Waals surface area (Å²) in [5, 5.41) is 0. The zero-order valence-corrected chi connectivity index (χ0v) is 11.4. The van der Waals surface area contributed by atoms with Gasteiger partial charge < -0.3 is 9.31 Å². The third kappa shape index (κ3) is 2.04. The Morgan fingerprint density at radius 3 is 1.94 bits per heavy atom. The molecule has 2 unspecified atom stereocenters. The van der Waals surface area contributed by atoms with E-state index in [0.717, 1.165) is 5.92 Å². The van der Waals surface area contributed by atoms with Crippen molar-refractivity contribution in [2.24, 2.45) is 5.92 Å². The lowest BCUT2D eigenvalue weighted by molar-refractivity contribution is 0.00578. The van der Waals surface area contributed by atoms with Gasteiger partial charge in [-0.3, -0.25) is 0 Å². The molecule has 92 valence electrons. The lowest BCUT2D eigenvalue weighted by Crippen LogP contribution is -2.41. The van der Waals surface area contributed by atoms with E-state index >= 15 is 0 Å². The van der Waals surface area contributed by atoms with Crippen molar-refractivity contribution in [3.8, 4) is 0 Å². The van der Waals surface area contributed by atoms with Gasteiger partial charge >= 0.3 is 7.12 Å². The Morgan fingerprint density at radius 1 is 0.938 bits per heavy atom. The zero-order valence-electron chi connectivity index (χ0n) is 11.4. The summed E-state index contributed by atoms with van der Waals surface area (Å²) in [6, 6.07) is 0. The highest BCUT2D eigenvalue weighted by Crippen LogP contribution is 2.45. The van der Waals surface area contributed by atoms with Crippen LogP contribution in [-0.2, 0) is 9.31 Å². The van der Waals surface area contributed by atoms with Crippen LogP contribution in [-0.4, -0.2) is 18.3 Å². The van der Waals surface area contributed by atoms with Gasteiger partial charge in [0.2, 0.25) is 0 Å². The van der Waals surface area contributed by atoms with E-state index in [9.17, 15) is 0 Å². The van der Waals surface area contributed by atoms with E-state index in [1.807, 2.05) is 0 Å². The summed E-state index contributed by atoms with van der Waals surface area (Å²) in [6.45, 7) is 10.9. The van der Waals surface area contributed by atoms with Crippen LogP contribution >= 0.6 is 0 Å². The fourth-order valence-electron chi connectivity index (χ4n) is 2.81. The van der Waals surface area contributed by atoms with Gasteiger partial charge in [-0.25, -0.2) is 0 Å². The fourth-order valence-corrected chi connectivity index (χ4v) is 2.81. The first-order valence-electron chi connectivity index (χ1n) is 6.69. The molecular weight excluding hydrogens is 199 g/mol. The monoisotopic (exact) mass is 224 g/mol. The molecule has 0 aromatic rings. The normalized spacial score (nSPS) is 37.7. The number of hydrogen-bond acceptors (Lipinski definition) is 2. The first-order chi connectivity index (χ1) is 7.33. The molecule has 1 aliphatic carbocycles. The number of rotatable bonds is 1. The zero-order chi connectivity index (χ0) is 12.0. The molecule has 0 aromatic carbocycles. The molecule has 0 radical (unpaired) electrons. The van der Waals surface area contributed by atoms with Gasteiger partial charge in [0.1, 0.15) is 0 Å². The maximum atomic E-state index is 6.15. The lowest BCUT2D eigenvalue weighted by atomic mass is 9.60. The minimum absolute atomic E-state index is 0.0142. The van der Waals surface area contributed by atoms with Gasteiger partial charge in [-0.1, -0.05) is 32.6 Å². The minimum atomic E-state index is -0.172. The van der Waals surface area contributed by atoms with Crippen LogP contribution in [0.2, 0.25) is 5.82 Å². The molecule has 2 atom stereocenters. The highest BCUT2D eigenvalue weighted by atomic mass is 16.7. The topological polar surface area (TPSA) is 18.5 Å². The van der Waals surface area contributed by atoms with Crippen molar-refractivity contribution in [1.82, 2.24) is 0 Å². The van der Waals surface area contributed by atoms with Crippen LogP contribution in [0.25, 0.3) is 0 Å². The molecule has 1 aliphatic heterocycles. The third-order valence-corrected chi connectivity index (χ3v) is 4.80. The Bertz CT molecular complexity index is 247. The molecule has 0 bridgehead atoms.